The molecule has 1 heterocycles. The van der Waals surface area contributed by atoms with Crippen LogP contribution in [0.5, 0.6) is 0 Å². The van der Waals surface area contributed by atoms with Gasteiger partial charge in [0, 0.05) is 10.4 Å². The van der Waals surface area contributed by atoms with Crippen molar-refractivity contribution in [2.45, 2.75) is 26.8 Å². The molecule has 0 unspecified atom stereocenters. The minimum atomic E-state index is -0.666. The number of hydrogen-bond acceptors (Lipinski definition) is 5. The van der Waals surface area contributed by atoms with Crippen molar-refractivity contribution in [2.24, 2.45) is 0 Å². The first-order valence-corrected chi connectivity index (χ1v) is 9.08. The molecule has 1 aromatic heterocycles. The summed E-state index contributed by atoms with van der Waals surface area (Å²) < 4.78 is 4.89. The fourth-order valence-corrected chi connectivity index (χ4v) is 2.96. The predicted octanol–water partition coefficient (Wildman–Crippen LogP) is 2.52. The van der Waals surface area contributed by atoms with Crippen molar-refractivity contribution in [2.75, 3.05) is 13.2 Å². The van der Waals surface area contributed by atoms with Crippen LogP contribution in [0.1, 0.15) is 39.3 Å². The van der Waals surface area contributed by atoms with Crippen molar-refractivity contribution >= 4 is 29.1 Å². The van der Waals surface area contributed by atoms with Crippen molar-refractivity contribution in [3.05, 3.63) is 57.3 Å². The molecule has 1 atom stereocenters. The van der Waals surface area contributed by atoms with Crippen LogP contribution in [0, 0.1) is 13.8 Å². The van der Waals surface area contributed by atoms with Gasteiger partial charge >= 0.3 is 5.97 Å². The zero-order chi connectivity index (χ0) is 19.1. The lowest BCUT2D eigenvalue weighted by Crippen LogP contribution is -2.34. The number of carbonyl (C=O) groups is 3. The maximum atomic E-state index is 12.0. The maximum absolute atomic E-state index is 12.0. The van der Waals surface area contributed by atoms with E-state index in [4.69, 9.17) is 4.74 Å². The van der Waals surface area contributed by atoms with Crippen molar-refractivity contribution in [3.63, 3.8) is 0 Å². The second kappa shape index (κ2) is 9.15. The highest BCUT2D eigenvalue weighted by atomic mass is 32.1. The molecule has 2 aromatic rings. The molecule has 0 fully saturated rings. The van der Waals surface area contributed by atoms with Gasteiger partial charge < -0.3 is 15.4 Å². The third-order valence-corrected chi connectivity index (χ3v) is 4.93. The first-order chi connectivity index (χ1) is 12.4. The van der Waals surface area contributed by atoms with E-state index in [1.165, 1.54) is 11.3 Å². The first-order valence-electron chi connectivity index (χ1n) is 8.20. The molecular formula is C19H22N2O4S. The summed E-state index contributed by atoms with van der Waals surface area (Å²) in [6, 6.07) is 8.98. The zero-order valence-corrected chi connectivity index (χ0v) is 15.8. The Morgan fingerprint density at radius 2 is 1.92 bits per heavy atom. The molecule has 0 aliphatic heterocycles. The molecule has 2 rings (SSSR count). The highest BCUT2D eigenvalue weighted by Crippen LogP contribution is 2.17. The fraction of sp³-hybridized carbons (Fsp3) is 0.316. The van der Waals surface area contributed by atoms with E-state index in [0.717, 1.165) is 16.0 Å². The second-order valence-electron chi connectivity index (χ2n) is 5.95. The Morgan fingerprint density at radius 3 is 2.58 bits per heavy atom. The van der Waals surface area contributed by atoms with Gasteiger partial charge in [0.2, 0.25) is 0 Å². The van der Waals surface area contributed by atoms with Crippen molar-refractivity contribution in [3.8, 4) is 0 Å². The van der Waals surface area contributed by atoms with Gasteiger partial charge in [-0.1, -0.05) is 12.1 Å². The van der Waals surface area contributed by atoms with Gasteiger partial charge in [-0.05, 0) is 55.5 Å². The quantitative estimate of drug-likeness (QED) is 0.730. The average Bonchev–Trinajstić information content (AvgIpc) is 3.15. The van der Waals surface area contributed by atoms with Crippen molar-refractivity contribution < 1.29 is 19.1 Å². The SMILES string of the molecule is Cc1ccc(C(=O)NCC(=O)OCC(=O)N[C@H](C)c2cccs2)cc1C. The van der Waals surface area contributed by atoms with Crippen LogP contribution in [0.2, 0.25) is 0 Å². The van der Waals surface area contributed by atoms with Gasteiger partial charge in [-0.3, -0.25) is 14.4 Å². The standard InChI is InChI=1S/C19H22N2O4S/c1-12-6-7-15(9-13(12)2)19(24)20-10-18(23)25-11-17(22)21-14(3)16-5-4-8-26-16/h4-9,14H,10-11H2,1-3H3,(H,20,24)(H,21,22)/t14-/m1/s1. The first kappa shape index (κ1) is 19.7. The summed E-state index contributed by atoms with van der Waals surface area (Å²) in [6.45, 7) is 5.05. The summed E-state index contributed by atoms with van der Waals surface area (Å²) in [6.07, 6.45) is 0. The highest BCUT2D eigenvalue weighted by Gasteiger charge is 2.14. The molecule has 2 N–H and O–H groups in total. The van der Waals surface area contributed by atoms with E-state index in [1.807, 2.05) is 44.4 Å². The van der Waals surface area contributed by atoms with Crippen LogP contribution in [0.15, 0.2) is 35.7 Å². The minimum Gasteiger partial charge on any atom is -0.454 e. The molecule has 0 aliphatic carbocycles. The van der Waals surface area contributed by atoms with Crippen molar-refractivity contribution in [1.82, 2.24) is 10.6 Å². The molecule has 1 aromatic carbocycles. The largest absolute Gasteiger partial charge is 0.454 e. The van der Waals surface area contributed by atoms with Crippen LogP contribution < -0.4 is 10.6 Å². The Hall–Kier alpha value is -2.67. The maximum Gasteiger partial charge on any atom is 0.325 e. The van der Waals surface area contributed by atoms with E-state index < -0.39 is 5.97 Å². The molecule has 26 heavy (non-hydrogen) atoms. The summed E-state index contributed by atoms with van der Waals surface area (Å²) in [4.78, 5) is 36.6. The average molecular weight is 374 g/mol. The zero-order valence-electron chi connectivity index (χ0n) is 15.0. The second-order valence-corrected chi connectivity index (χ2v) is 6.93. The van der Waals surface area contributed by atoms with Gasteiger partial charge in [0.15, 0.2) is 6.61 Å². The van der Waals surface area contributed by atoms with Gasteiger partial charge in [-0.25, -0.2) is 0 Å². The van der Waals surface area contributed by atoms with Crippen LogP contribution in [0.4, 0.5) is 0 Å². The molecule has 0 saturated heterocycles. The molecule has 7 heteroatoms. The van der Waals surface area contributed by atoms with E-state index in [-0.39, 0.29) is 31.0 Å². The lowest BCUT2D eigenvalue weighted by atomic mass is 10.1. The summed E-state index contributed by atoms with van der Waals surface area (Å²) in [5.74, 6) is -1.42. The number of carbonyl (C=O) groups excluding carboxylic acids is 3. The molecule has 6 nitrogen and oxygen atoms in total. The lowest BCUT2D eigenvalue weighted by Gasteiger charge is -2.12. The van der Waals surface area contributed by atoms with Gasteiger partial charge in [-0.2, -0.15) is 0 Å². The molecule has 0 saturated carbocycles. The van der Waals surface area contributed by atoms with Gasteiger partial charge in [-0.15, -0.1) is 11.3 Å². The molecule has 2 amide bonds. The Labute approximate surface area is 156 Å². The number of rotatable bonds is 7. The van der Waals surface area contributed by atoms with E-state index in [1.54, 1.807) is 12.1 Å². The summed E-state index contributed by atoms with van der Waals surface area (Å²) in [7, 11) is 0. The predicted molar refractivity (Wildman–Crippen MR) is 100 cm³/mol. The molecule has 0 spiro atoms. The van der Waals surface area contributed by atoms with Crippen LogP contribution in [-0.2, 0) is 14.3 Å². The van der Waals surface area contributed by atoms with Crippen LogP contribution in [0.25, 0.3) is 0 Å². The van der Waals surface area contributed by atoms with Gasteiger partial charge in [0.1, 0.15) is 6.54 Å². The molecular weight excluding hydrogens is 352 g/mol. The number of thiophene rings is 1. The summed E-state index contributed by atoms with van der Waals surface area (Å²) in [5.41, 5.74) is 2.56. The summed E-state index contributed by atoms with van der Waals surface area (Å²) in [5, 5.41) is 7.16. The number of benzene rings is 1. The lowest BCUT2D eigenvalue weighted by molar-refractivity contribution is -0.147. The molecule has 0 radical (unpaired) electrons. The Balaban J connectivity index is 1.72. The smallest absolute Gasteiger partial charge is 0.325 e. The van der Waals surface area contributed by atoms with Crippen LogP contribution in [0.3, 0.4) is 0 Å². The van der Waals surface area contributed by atoms with Crippen LogP contribution >= 0.6 is 11.3 Å². The molecule has 0 bridgehead atoms. The molecule has 138 valence electrons. The minimum absolute atomic E-state index is 0.148. The van der Waals surface area contributed by atoms with Crippen LogP contribution in [-0.4, -0.2) is 30.9 Å². The Bertz CT molecular complexity index is 787. The number of amides is 2. The highest BCUT2D eigenvalue weighted by molar-refractivity contribution is 7.10. The third kappa shape index (κ3) is 5.70. The molecule has 0 aliphatic rings. The Morgan fingerprint density at radius 1 is 1.15 bits per heavy atom. The van der Waals surface area contributed by atoms with E-state index in [2.05, 4.69) is 10.6 Å². The number of esters is 1. The normalized spacial score (nSPS) is 11.5. The topological polar surface area (TPSA) is 84.5 Å². The fourth-order valence-electron chi connectivity index (χ4n) is 2.23. The van der Waals surface area contributed by atoms with Crippen molar-refractivity contribution in [1.29, 1.82) is 0 Å². The number of hydrogen-bond donors (Lipinski definition) is 2. The summed E-state index contributed by atoms with van der Waals surface area (Å²) >= 11 is 1.54. The van der Waals surface area contributed by atoms with E-state index >= 15 is 0 Å². The van der Waals surface area contributed by atoms with Gasteiger partial charge in [0.05, 0.1) is 6.04 Å². The third-order valence-electron chi connectivity index (χ3n) is 3.87. The monoisotopic (exact) mass is 374 g/mol. The number of aryl methyl sites for hydroxylation is 2. The number of nitrogens with one attached hydrogen (secondary N) is 2. The van der Waals surface area contributed by atoms with E-state index in [9.17, 15) is 14.4 Å². The van der Waals surface area contributed by atoms with E-state index in [0.29, 0.717) is 5.56 Å². The Kier molecular flexibility index (Phi) is 6.91. The number of ether oxygens (including phenoxy) is 1. The van der Waals surface area contributed by atoms with Gasteiger partial charge in [0.25, 0.3) is 11.8 Å².